The minimum atomic E-state index is -0.128. The van der Waals surface area contributed by atoms with Gasteiger partial charge in [-0.25, -0.2) is 9.97 Å². The fourth-order valence-corrected chi connectivity index (χ4v) is 2.39. The topological polar surface area (TPSA) is 67.8 Å². The molecule has 0 radical (unpaired) electrons. The van der Waals surface area contributed by atoms with Crippen molar-refractivity contribution in [1.82, 2.24) is 20.3 Å². The first-order chi connectivity index (χ1) is 11.0. The molecule has 0 spiro atoms. The predicted octanol–water partition coefficient (Wildman–Crippen LogP) is 3.13. The van der Waals surface area contributed by atoms with E-state index in [-0.39, 0.29) is 11.9 Å². The van der Waals surface area contributed by atoms with Gasteiger partial charge in [0.25, 0.3) is 5.91 Å². The zero-order valence-electron chi connectivity index (χ0n) is 13.4. The second-order valence-electron chi connectivity index (χ2n) is 5.57. The summed E-state index contributed by atoms with van der Waals surface area (Å²) in [5.74, 6) is -0.128. The molecule has 1 amide bonds. The highest BCUT2D eigenvalue weighted by Gasteiger charge is 2.12. The number of nitrogens with one attached hydrogen (secondary N) is 1. The number of aryl methyl sites for hydroxylation is 2. The highest BCUT2D eigenvalue weighted by Crippen LogP contribution is 2.16. The van der Waals surface area contributed by atoms with E-state index in [2.05, 4.69) is 20.3 Å². The van der Waals surface area contributed by atoms with E-state index >= 15 is 0 Å². The van der Waals surface area contributed by atoms with Gasteiger partial charge >= 0.3 is 0 Å². The molecule has 0 fully saturated rings. The number of benzene rings is 1. The second-order valence-corrected chi connectivity index (χ2v) is 5.57. The van der Waals surface area contributed by atoms with Gasteiger partial charge in [-0.2, -0.15) is 0 Å². The highest BCUT2D eigenvalue weighted by molar-refractivity contribution is 5.97. The molecular weight excluding hydrogens is 288 g/mol. The first-order valence-electron chi connectivity index (χ1n) is 7.50. The lowest BCUT2D eigenvalue weighted by molar-refractivity contribution is 0.0940. The molecule has 116 valence electrons. The van der Waals surface area contributed by atoms with Gasteiger partial charge in [-0.1, -0.05) is 0 Å². The van der Waals surface area contributed by atoms with E-state index in [0.29, 0.717) is 5.56 Å². The number of carbonyl (C=O) groups excluding carboxylic acids is 1. The zero-order valence-corrected chi connectivity index (χ0v) is 13.4. The summed E-state index contributed by atoms with van der Waals surface area (Å²) < 4.78 is 0. The molecule has 0 aliphatic rings. The van der Waals surface area contributed by atoms with Crippen molar-refractivity contribution in [1.29, 1.82) is 0 Å². The third-order valence-corrected chi connectivity index (χ3v) is 3.89. The van der Waals surface area contributed by atoms with Gasteiger partial charge in [-0.3, -0.25) is 9.78 Å². The van der Waals surface area contributed by atoms with Gasteiger partial charge in [0.05, 0.1) is 28.5 Å². The number of carbonyl (C=O) groups is 1. The Morgan fingerprint density at radius 2 is 1.65 bits per heavy atom. The lowest BCUT2D eigenvalue weighted by Crippen LogP contribution is -2.26. The van der Waals surface area contributed by atoms with Crippen LogP contribution in [-0.4, -0.2) is 20.9 Å². The van der Waals surface area contributed by atoms with Crippen molar-refractivity contribution >= 4 is 16.9 Å². The molecule has 2 aromatic heterocycles. The molecule has 5 nitrogen and oxygen atoms in total. The van der Waals surface area contributed by atoms with Crippen molar-refractivity contribution < 1.29 is 4.79 Å². The van der Waals surface area contributed by atoms with Crippen LogP contribution in [0.15, 0.2) is 42.7 Å². The molecule has 2 heterocycles. The average Bonchev–Trinajstić information content (AvgIpc) is 2.56. The summed E-state index contributed by atoms with van der Waals surface area (Å²) in [5, 5.41) is 2.99. The Bertz CT molecular complexity index is 862. The van der Waals surface area contributed by atoms with E-state index in [1.165, 1.54) is 0 Å². The van der Waals surface area contributed by atoms with Crippen LogP contribution in [0.1, 0.15) is 40.3 Å². The number of aromatic nitrogens is 3. The van der Waals surface area contributed by atoms with Gasteiger partial charge < -0.3 is 5.32 Å². The first-order valence-corrected chi connectivity index (χ1v) is 7.50. The maximum Gasteiger partial charge on any atom is 0.251 e. The van der Waals surface area contributed by atoms with Crippen molar-refractivity contribution in [2.24, 2.45) is 0 Å². The summed E-state index contributed by atoms with van der Waals surface area (Å²) in [6.07, 6.45) is 3.43. The van der Waals surface area contributed by atoms with Gasteiger partial charge in [0, 0.05) is 18.0 Å². The van der Waals surface area contributed by atoms with Crippen LogP contribution in [-0.2, 0) is 0 Å². The average molecular weight is 306 g/mol. The smallest absolute Gasteiger partial charge is 0.251 e. The molecule has 0 saturated carbocycles. The molecule has 1 aromatic carbocycles. The summed E-state index contributed by atoms with van der Waals surface area (Å²) in [5.41, 5.74) is 4.90. The van der Waals surface area contributed by atoms with E-state index in [1.54, 1.807) is 24.5 Å². The van der Waals surface area contributed by atoms with E-state index in [4.69, 9.17) is 0 Å². The van der Waals surface area contributed by atoms with Crippen molar-refractivity contribution in [2.45, 2.75) is 26.8 Å². The van der Waals surface area contributed by atoms with Crippen LogP contribution in [0.5, 0.6) is 0 Å². The standard InChI is InChI=1S/C18H18N4O/c1-11-12(2)21-17-10-15(4-5-16(17)20-11)18(23)22-13(3)14-6-8-19-9-7-14/h4-10,13H,1-3H3,(H,22,23)/t13-/m1/s1. The van der Waals surface area contributed by atoms with E-state index < -0.39 is 0 Å². The SMILES string of the molecule is Cc1nc2ccc(C(=O)N[C@H](C)c3ccncc3)cc2nc1C. The third-order valence-electron chi connectivity index (χ3n) is 3.89. The third kappa shape index (κ3) is 3.18. The van der Waals surface area contributed by atoms with Crippen LogP contribution in [0.25, 0.3) is 11.0 Å². The Balaban J connectivity index is 1.85. The van der Waals surface area contributed by atoms with Gasteiger partial charge in [0.2, 0.25) is 0 Å². The van der Waals surface area contributed by atoms with Crippen LogP contribution in [0.4, 0.5) is 0 Å². The molecule has 23 heavy (non-hydrogen) atoms. The number of rotatable bonds is 3. The molecule has 0 bridgehead atoms. The van der Waals surface area contributed by atoms with Crippen LogP contribution in [0.3, 0.4) is 0 Å². The van der Waals surface area contributed by atoms with Gasteiger partial charge in [-0.15, -0.1) is 0 Å². The molecule has 0 aliphatic heterocycles. The van der Waals surface area contributed by atoms with E-state index in [0.717, 1.165) is 28.0 Å². The quantitative estimate of drug-likeness (QED) is 0.807. The number of hydrogen-bond donors (Lipinski definition) is 1. The molecule has 0 aliphatic carbocycles. The number of hydrogen-bond acceptors (Lipinski definition) is 4. The zero-order chi connectivity index (χ0) is 16.4. The first kappa shape index (κ1) is 15.1. The van der Waals surface area contributed by atoms with Crippen LogP contribution >= 0.6 is 0 Å². The molecular formula is C18H18N4O. The normalized spacial score (nSPS) is 12.1. The van der Waals surface area contributed by atoms with Crippen molar-refractivity contribution in [3.8, 4) is 0 Å². The minimum Gasteiger partial charge on any atom is -0.346 e. The van der Waals surface area contributed by atoms with Crippen molar-refractivity contribution in [3.05, 3.63) is 65.2 Å². The van der Waals surface area contributed by atoms with Gasteiger partial charge in [-0.05, 0) is 56.7 Å². The Morgan fingerprint density at radius 3 is 2.35 bits per heavy atom. The van der Waals surface area contributed by atoms with Gasteiger partial charge in [0.1, 0.15) is 0 Å². The summed E-state index contributed by atoms with van der Waals surface area (Å²) >= 11 is 0. The monoisotopic (exact) mass is 306 g/mol. The minimum absolute atomic E-state index is 0.0907. The maximum absolute atomic E-state index is 12.4. The molecule has 5 heteroatoms. The maximum atomic E-state index is 12.4. The summed E-state index contributed by atoms with van der Waals surface area (Å²) in [6.45, 7) is 5.79. The molecule has 3 rings (SSSR count). The lowest BCUT2D eigenvalue weighted by atomic mass is 10.1. The lowest BCUT2D eigenvalue weighted by Gasteiger charge is -2.14. The fourth-order valence-electron chi connectivity index (χ4n) is 2.39. The second kappa shape index (κ2) is 6.12. The summed E-state index contributed by atoms with van der Waals surface area (Å²) in [7, 11) is 0. The predicted molar refractivity (Wildman–Crippen MR) is 89.1 cm³/mol. The summed E-state index contributed by atoms with van der Waals surface area (Å²) in [4.78, 5) is 25.4. The van der Waals surface area contributed by atoms with Crippen LogP contribution < -0.4 is 5.32 Å². The molecule has 1 atom stereocenters. The Hall–Kier alpha value is -2.82. The molecule has 0 unspecified atom stereocenters. The number of nitrogens with zero attached hydrogens (tertiary/aromatic N) is 3. The number of pyridine rings is 1. The van der Waals surface area contributed by atoms with E-state index in [1.807, 2.05) is 39.0 Å². The van der Waals surface area contributed by atoms with Crippen LogP contribution in [0.2, 0.25) is 0 Å². The Morgan fingerprint density at radius 1 is 1.00 bits per heavy atom. The molecule has 3 aromatic rings. The Kier molecular flexibility index (Phi) is 4.02. The summed E-state index contributed by atoms with van der Waals surface area (Å²) in [6, 6.07) is 9.09. The van der Waals surface area contributed by atoms with Crippen molar-refractivity contribution in [3.63, 3.8) is 0 Å². The Labute approximate surface area is 134 Å². The van der Waals surface area contributed by atoms with Crippen molar-refractivity contribution in [2.75, 3.05) is 0 Å². The molecule has 0 saturated heterocycles. The highest BCUT2D eigenvalue weighted by atomic mass is 16.1. The largest absolute Gasteiger partial charge is 0.346 e. The van der Waals surface area contributed by atoms with Gasteiger partial charge in [0.15, 0.2) is 0 Å². The fraction of sp³-hybridized carbons (Fsp3) is 0.222. The van der Waals surface area contributed by atoms with Crippen LogP contribution in [0, 0.1) is 13.8 Å². The van der Waals surface area contributed by atoms with E-state index in [9.17, 15) is 4.79 Å². The number of amides is 1. The number of fused-ring (bicyclic) bond motifs is 1. The molecule has 1 N–H and O–H groups in total.